The lowest BCUT2D eigenvalue weighted by Crippen LogP contribution is -2.38. The third kappa shape index (κ3) is 6.13. The van der Waals surface area contributed by atoms with E-state index >= 15 is 0 Å². The van der Waals surface area contributed by atoms with Crippen LogP contribution < -0.4 is 0 Å². The summed E-state index contributed by atoms with van der Waals surface area (Å²) in [6.45, 7) is 7.62. The molecule has 2 aromatic rings. The van der Waals surface area contributed by atoms with Crippen LogP contribution in [0.5, 0.6) is 0 Å². The molecule has 0 heterocycles. The summed E-state index contributed by atoms with van der Waals surface area (Å²) in [5.74, 6) is -0.335. The van der Waals surface area contributed by atoms with Crippen molar-refractivity contribution in [2.45, 2.75) is 58.1 Å². The van der Waals surface area contributed by atoms with Gasteiger partial charge >= 0.3 is 12.1 Å². The minimum absolute atomic E-state index is 0.0731. The van der Waals surface area contributed by atoms with E-state index < -0.39 is 11.6 Å². The van der Waals surface area contributed by atoms with Crippen molar-refractivity contribution in [1.29, 1.82) is 0 Å². The van der Waals surface area contributed by atoms with Crippen LogP contribution in [-0.4, -0.2) is 36.2 Å². The lowest BCUT2D eigenvalue weighted by atomic mass is 9.74. The second kappa shape index (κ2) is 10.8. The highest BCUT2D eigenvalue weighted by molar-refractivity contribution is 6.42. The summed E-state index contributed by atoms with van der Waals surface area (Å²) >= 11 is 12.5. The average Bonchev–Trinajstić information content (AvgIpc) is 2.77. The van der Waals surface area contributed by atoms with Crippen LogP contribution in [0.1, 0.15) is 74.8 Å². The second-order valence-electron chi connectivity index (χ2n) is 9.35. The van der Waals surface area contributed by atoms with Gasteiger partial charge in [0.15, 0.2) is 0 Å². The minimum atomic E-state index is -0.602. The number of halogens is 2. The largest absolute Gasteiger partial charge is 0.463 e. The van der Waals surface area contributed by atoms with Crippen LogP contribution in [0.3, 0.4) is 0 Å². The number of fused-ring (bicyclic) bond motifs is 1. The van der Waals surface area contributed by atoms with Crippen molar-refractivity contribution in [3.8, 4) is 0 Å². The number of benzene rings is 2. The molecule has 34 heavy (non-hydrogen) atoms. The SMILES string of the molecule is CCOC(=O)/C=C/c1cccc2c1[C@@H](N(C)C(=O)OC(C)(C)C)CC[C@H]2c1ccc(Cl)c(Cl)c1. The average molecular weight is 504 g/mol. The summed E-state index contributed by atoms with van der Waals surface area (Å²) in [4.78, 5) is 26.6. The molecule has 2 atom stereocenters. The standard InChI is InChI=1S/C27H31Cl2NO4/c1-6-33-24(31)15-11-17-8-7-9-20-19(18-10-13-21(28)22(29)16-18)12-14-23(25(17)20)30(5)26(32)34-27(2,3)4/h7-11,13,15-16,19,23H,6,12,14H2,1-5H3/b15-11+/t19-,23-/m0/s1. The quantitative estimate of drug-likeness (QED) is 0.314. The van der Waals surface area contributed by atoms with Crippen molar-refractivity contribution in [1.82, 2.24) is 4.90 Å². The first kappa shape index (κ1) is 26.1. The fraction of sp³-hybridized carbons (Fsp3) is 0.407. The minimum Gasteiger partial charge on any atom is -0.463 e. The summed E-state index contributed by atoms with van der Waals surface area (Å²) in [6.07, 6.45) is 4.32. The zero-order valence-electron chi connectivity index (χ0n) is 20.2. The Morgan fingerprint density at radius 3 is 2.50 bits per heavy atom. The zero-order valence-corrected chi connectivity index (χ0v) is 21.7. The highest BCUT2D eigenvalue weighted by Crippen LogP contribution is 2.46. The van der Waals surface area contributed by atoms with Gasteiger partial charge in [-0.3, -0.25) is 0 Å². The summed E-state index contributed by atoms with van der Waals surface area (Å²) in [7, 11) is 1.76. The molecule has 0 aromatic heterocycles. The van der Waals surface area contributed by atoms with E-state index in [1.165, 1.54) is 6.08 Å². The fourth-order valence-electron chi connectivity index (χ4n) is 4.33. The number of hydrogen-bond acceptors (Lipinski definition) is 4. The van der Waals surface area contributed by atoms with Gasteiger partial charge in [-0.1, -0.05) is 47.5 Å². The molecule has 0 fully saturated rings. The van der Waals surface area contributed by atoms with Crippen LogP contribution in [0.4, 0.5) is 4.79 Å². The van der Waals surface area contributed by atoms with Crippen molar-refractivity contribution >= 4 is 41.3 Å². The van der Waals surface area contributed by atoms with Gasteiger partial charge in [-0.25, -0.2) is 9.59 Å². The first-order valence-electron chi connectivity index (χ1n) is 11.4. The molecule has 0 aliphatic heterocycles. The number of amides is 1. The number of esters is 1. The third-order valence-corrected chi connectivity index (χ3v) is 6.53. The molecule has 7 heteroatoms. The van der Waals surface area contributed by atoms with Crippen molar-refractivity contribution in [2.24, 2.45) is 0 Å². The number of nitrogens with zero attached hydrogens (tertiary/aromatic N) is 1. The highest BCUT2D eigenvalue weighted by atomic mass is 35.5. The van der Waals surface area contributed by atoms with Gasteiger partial charge in [0.1, 0.15) is 5.60 Å². The van der Waals surface area contributed by atoms with Crippen LogP contribution in [0.25, 0.3) is 6.08 Å². The van der Waals surface area contributed by atoms with Gasteiger partial charge in [-0.2, -0.15) is 0 Å². The van der Waals surface area contributed by atoms with Crippen LogP contribution in [-0.2, 0) is 14.3 Å². The van der Waals surface area contributed by atoms with E-state index in [0.29, 0.717) is 16.7 Å². The van der Waals surface area contributed by atoms with E-state index in [0.717, 1.165) is 35.1 Å². The van der Waals surface area contributed by atoms with Crippen LogP contribution in [0.15, 0.2) is 42.5 Å². The molecule has 3 rings (SSSR count). The van der Waals surface area contributed by atoms with Gasteiger partial charge in [-0.15, -0.1) is 0 Å². The molecule has 0 saturated carbocycles. The normalized spacial score (nSPS) is 17.9. The Hall–Kier alpha value is -2.50. The van der Waals surface area contributed by atoms with E-state index in [1.807, 2.05) is 51.1 Å². The Labute approximate surface area is 211 Å². The monoisotopic (exact) mass is 503 g/mol. The maximum Gasteiger partial charge on any atom is 0.410 e. The third-order valence-electron chi connectivity index (χ3n) is 5.79. The molecule has 1 aliphatic carbocycles. The van der Waals surface area contributed by atoms with Crippen molar-refractivity contribution < 1.29 is 19.1 Å². The molecule has 0 N–H and O–H groups in total. The maximum atomic E-state index is 12.9. The van der Waals surface area contributed by atoms with E-state index in [4.69, 9.17) is 32.7 Å². The van der Waals surface area contributed by atoms with Gasteiger partial charge in [0, 0.05) is 19.0 Å². The molecule has 0 saturated heterocycles. The smallest absolute Gasteiger partial charge is 0.410 e. The van der Waals surface area contributed by atoms with Crippen LogP contribution >= 0.6 is 23.2 Å². The maximum absolute atomic E-state index is 12.9. The van der Waals surface area contributed by atoms with Crippen LogP contribution in [0, 0.1) is 0 Å². The number of carbonyl (C=O) groups is 2. The molecular weight excluding hydrogens is 473 g/mol. The van der Waals surface area contributed by atoms with Crippen molar-refractivity contribution in [3.63, 3.8) is 0 Å². The van der Waals surface area contributed by atoms with E-state index in [-0.39, 0.29) is 18.1 Å². The first-order valence-corrected chi connectivity index (χ1v) is 12.2. The van der Waals surface area contributed by atoms with E-state index in [2.05, 4.69) is 6.07 Å². The molecule has 0 unspecified atom stereocenters. The molecule has 0 bridgehead atoms. The van der Waals surface area contributed by atoms with Gasteiger partial charge in [0.25, 0.3) is 0 Å². The second-order valence-corrected chi connectivity index (χ2v) is 10.2. The Bertz CT molecular complexity index is 1090. The molecule has 2 aromatic carbocycles. The summed E-state index contributed by atoms with van der Waals surface area (Å²) < 4.78 is 10.7. The van der Waals surface area contributed by atoms with E-state index in [9.17, 15) is 9.59 Å². The summed E-state index contributed by atoms with van der Waals surface area (Å²) in [6, 6.07) is 11.5. The van der Waals surface area contributed by atoms with Gasteiger partial charge in [0.05, 0.1) is 22.7 Å². The lowest BCUT2D eigenvalue weighted by molar-refractivity contribution is -0.137. The fourth-order valence-corrected chi connectivity index (χ4v) is 4.64. The molecule has 1 amide bonds. The Kier molecular flexibility index (Phi) is 8.32. The summed E-state index contributed by atoms with van der Waals surface area (Å²) in [5, 5.41) is 1.02. The van der Waals surface area contributed by atoms with Gasteiger partial charge in [-0.05, 0) is 81.0 Å². The Morgan fingerprint density at radius 1 is 1.12 bits per heavy atom. The predicted molar refractivity (Wildman–Crippen MR) is 136 cm³/mol. The predicted octanol–water partition coefficient (Wildman–Crippen LogP) is 7.40. The Balaban J connectivity index is 2.08. The van der Waals surface area contributed by atoms with Gasteiger partial charge < -0.3 is 14.4 Å². The zero-order chi connectivity index (χ0) is 25.0. The molecular formula is C27H31Cl2NO4. The lowest BCUT2D eigenvalue weighted by Gasteiger charge is -2.38. The number of ether oxygens (including phenoxy) is 2. The number of rotatable bonds is 5. The molecule has 0 radical (unpaired) electrons. The van der Waals surface area contributed by atoms with Gasteiger partial charge in [0.2, 0.25) is 0 Å². The summed E-state index contributed by atoms with van der Waals surface area (Å²) in [5.41, 5.74) is 3.38. The van der Waals surface area contributed by atoms with Crippen molar-refractivity contribution in [3.05, 3.63) is 74.8 Å². The number of hydrogen-bond donors (Lipinski definition) is 0. The first-order chi connectivity index (χ1) is 16.0. The Morgan fingerprint density at radius 2 is 1.85 bits per heavy atom. The topological polar surface area (TPSA) is 55.8 Å². The number of carbonyl (C=O) groups excluding carboxylic acids is 2. The molecule has 5 nitrogen and oxygen atoms in total. The van der Waals surface area contributed by atoms with E-state index in [1.54, 1.807) is 24.9 Å². The highest BCUT2D eigenvalue weighted by Gasteiger charge is 2.35. The van der Waals surface area contributed by atoms with Crippen molar-refractivity contribution in [2.75, 3.05) is 13.7 Å². The molecule has 0 spiro atoms. The van der Waals surface area contributed by atoms with Crippen LogP contribution in [0.2, 0.25) is 10.0 Å². The molecule has 182 valence electrons. The molecule has 1 aliphatic rings.